The van der Waals surface area contributed by atoms with Crippen LogP contribution < -0.4 is 0 Å². The van der Waals surface area contributed by atoms with Crippen LogP contribution in [0.15, 0.2) is 27.1 Å². The Morgan fingerprint density at radius 2 is 2.17 bits per heavy atom. The lowest BCUT2D eigenvalue weighted by Crippen LogP contribution is -2.36. The lowest BCUT2D eigenvalue weighted by molar-refractivity contribution is 0.0679. The van der Waals surface area contributed by atoms with E-state index in [2.05, 4.69) is 31.9 Å². The summed E-state index contributed by atoms with van der Waals surface area (Å²) < 4.78 is 6.86. The van der Waals surface area contributed by atoms with Gasteiger partial charge in [-0.3, -0.25) is 4.79 Å². The van der Waals surface area contributed by atoms with Gasteiger partial charge in [0.25, 0.3) is 5.91 Å². The number of hydrogen-bond acceptors (Lipinski definition) is 2. The second-order valence-electron chi connectivity index (χ2n) is 4.35. The zero-order chi connectivity index (χ0) is 13.1. The molecule has 0 spiro atoms. The minimum atomic E-state index is 0.0777. The van der Waals surface area contributed by atoms with Crippen LogP contribution in [0.1, 0.15) is 23.2 Å². The molecule has 3 nitrogen and oxygen atoms in total. The average Bonchev–Trinajstić information content (AvgIpc) is 3.13. The summed E-state index contributed by atoms with van der Waals surface area (Å²) in [7, 11) is 1.66. The zero-order valence-corrected chi connectivity index (χ0v) is 13.3. The van der Waals surface area contributed by atoms with Crippen molar-refractivity contribution in [1.29, 1.82) is 0 Å². The van der Waals surface area contributed by atoms with Gasteiger partial charge in [-0.25, -0.2) is 0 Å². The lowest BCUT2D eigenvalue weighted by Gasteiger charge is -2.22. The maximum atomic E-state index is 12.5. The number of amides is 1. The highest BCUT2D eigenvalue weighted by Gasteiger charge is 2.33. The van der Waals surface area contributed by atoms with E-state index in [1.807, 2.05) is 23.1 Å². The van der Waals surface area contributed by atoms with Gasteiger partial charge in [0.1, 0.15) is 0 Å². The molecule has 0 aromatic heterocycles. The van der Waals surface area contributed by atoms with Crippen molar-refractivity contribution in [2.24, 2.45) is 0 Å². The van der Waals surface area contributed by atoms with Crippen LogP contribution in [0.2, 0.25) is 0 Å². The first kappa shape index (κ1) is 14.0. The third-order valence-electron chi connectivity index (χ3n) is 2.95. The second-order valence-corrected chi connectivity index (χ2v) is 6.12. The van der Waals surface area contributed by atoms with Crippen LogP contribution in [0, 0.1) is 0 Å². The molecular formula is C13H15Br2NO2. The predicted molar refractivity (Wildman–Crippen MR) is 77.8 cm³/mol. The van der Waals surface area contributed by atoms with Gasteiger partial charge in [0.2, 0.25) is 0 Å². The molecule has 1 saturated carbocycles. The molecular weight excluding hydrogens is 362 g/mol. The van der Waals surface area contributed by atoms with E-state index in [4.69, 9.17) is 4.74 Å². The highest BCUT2D eigenvalue weighted by molar-refractivity contribution is 9.11. The molecule has 0 unspecified atom stereocenters. The summed E-state index contributed by atoms with van der Waals surface area (Å²) in [5.74, 6) is 0.0777. The van der Waals surface area contributed by atoms with Crippen molar-refractivity contribution in [3.63, 3.8) is 0 Å². The zero-order valence-electron chi connectivity index (χ0n) is 10.2. The average molecular weight is 377 g/mol. The van der Waals surface area contributed by atoms with Crippen LogP contribution >= 0.6 is 31.9 Å². The summed E-state index contributed by atoms with van der Waals surface area (Å²) in [5, 5.41) is 0. The Balaban J connectivity index is 2.16. The molecule has 98 valence electrons. The Labute approximate surface area is 124 Å². The van der Waals surface area contributed by atoms with Gasteiger partial charge in [-0.2, -0.15) is 0 Å². The standard InChI is InChI=1S/C13H15Br2NO2/c1-18-7-6-16(10-3-4-10)13(17)11-5-2-9(14)8-12(11)15/h2,5,8,10H,3-4,6-7H2,1H3. The minimum absolute atomic E-state index is 0.0777. The van der Waals surface area contributed by atoms with Crippen LogP contribution in [-0.4, -0.2) is 37.1 Å². The van der Waals surface area contributed by atoms with Gasteiger partial charge in [-0.1, -0.05) is 15.9 Å². The number of ether oxygens (including phenoxy) is 1. The van der Waals surface area contributed by atoms with Crippen LogP contribution in [0.3, 0.4) is 0 Å². The van der Waals surface area contributed by atoms with E-state index >= 15 is 0 Å². The summed E-state index contributed by atoms with van der Waals surface area (Å²) in [6, 6.07) is 6.02. The van der Waals surface area contributed by atoms with Crippen molar-refractivity contribution in [2.45, 2.75) is 18.9 Å². The molecule has 1 aromatic carbocycles. The fourth-order valence-electron chi connectivity index (χ4n) is 1.84. The number of benzene rings is 1. The summed E-state index contributed by atoms with van der Waals surface area (Å²) in [5.41, 5.74) is 0.709. The molecule has 0 atom stereocenters. The number of carbonyl (C=O) groups is 1. The number of methoxy groups -OCH3 is 1. The van der Waals surface area contributed by atoms with Gasteiger partial charge in [-0.15, -0.1) is 0 Å². The molecule has 0 aliphatic heterocycles. The largest absolute Gasteiger partial charge is 0.383 e. The number of nitrogens with zero attached hydrogens (tertiary/aromatic N) is 1. The first-order valence-corrected chi connectivity index (χ1v) is 7.47. The van der Waals surface area contributed by atoms with Crippen molar-refractivity contribution >= 4 is 37.8 Å². The summed E-state index contributed by atoms with van der Waals surface area (Å²) in [4.78, 5) is 14.4. The second kappa shape index (κ2) is 6.17. The Morgan fingerprint density at radius 3 is 2.72 bits per heavy atom. The Morgan fingerprint density at radius 1 is 1.44 bits per heavy atom. The van der Waals surface area contributed by atoms with E-state index in [9.17, 15) is 4.79 Å². The SMILES string of the molecule is COCCN(C(=O)c1ccc(Br)cc1Br)C1CC1. The third-order valence-corrected chi connectivity index (χ3v) is 4.10. The van der Waals surface area contributed by atoms with Crippen molar-refractivity contribution < 1.29 is 9.53 Å². The van der Waals surface area contributed by atoms with Gasteiger partial charge < -0.3 is 9.64 Å². The van der Waals surface area contributed by atoms with Crippen LogP contribution in [0.25, 0.3) is 0 Å². The first-order chi connectivity index (χ1) is 8.63. The Bertz CT molecular complexity index is 447. The van der Waals surface area contributed by atoms with Gasteiger partial charge in [-0.05, 0) is 47.0 Å². The van der Waals surface area contributed by atoms with E-state index in [1.54, 1.807) is 7.11 Å². The van der Waals surface area contributed by atoms with E-state index < -0.39 is 0 Å². The molecule has 0 saturated heterocycles. The molecule has 18 heavy (non-hydrogen) atoms. The third kappa shape index (κ3) is 3.33. The Hall–Kier alpha value is -0.390. The first-order valence-electron chi connectivity index (χ1n) is 5.88. The molecule has 0 radical (unpaired) electrons. The van der Waals surface area contributed by atoms with Crippen molar-refractivity contribution in [3.05, 3.63) is 32.7 Å². The van der Waals surface area contributed by atoms with E-state index in [1.165, 1.54) is 0 Å². The summed E-state index contributed by atoms with van der Waals surface area (Å²) in [6.45, 7) is 1.24. The normalized spacial score (nSPS) is 14.6. The molecule has 1 aliphatic rings. The number of hydrogen-bond donors (Lipinski definition) is 0. The topological polar surface area (TPSA) is 29.5 Å². The van der Waals surface area contributed by atoms with Crippen molar-refractivity contribution in [2.75, 3.05) is 20.3 Å². The molecule has 1 fully saturated rings. The van der Waals surface area contributed by atoms with E-state index in [-0.39, 0.29) is 5.91 Å². The molecule has 0 heterocycles. The molecule has 0 bridgehead atoms. The molecule has 1 amide bonds. The summed E-state index contributed by atoms with van der Waals surface area (Å²) in [6.07, 6.45) is 2.20. The molecule has 1 aliphatic carbocycles. The smallest absolute Gasteiger partial charge is 0.255 e. The quantitative estimate of drug-likeness (QED) is 0.787. The monoisotopic (exact) mass is 375 g/mol. The van der Waals surface area contributed by atoms with Crippen molar-refractivity contribution in [3.8, 4) is 0 Å². The highest BCUT2D eigenvalue weighted by atomic mass is 79.9. The molecule has 2 rings (SSSR count). The number of carbonyl (C=O) groups excluding carboxylic acids is 1. The number of halogens is 2. The maximum absolute atomic E-state index is 12.5. The van der Waals surface area contributed by atoms with Gasteiger partial charge in [0.15, 0.2) is 0 Å². The van der Waals surface area contributed by atoms with Crippen LogP contribution in [-0.2, 0) is 4.74 Å². The van der Waals surface area contributed by atoms with Gasteiger partial charge >= 0.3 is 0 Å². The van der Waals surface area contributed by atoms with Gasteiger partial charge in [0.05, 0.1) is 12.2 Å². The van der Waals surface area contributed by atoms with Gasteiger partial charge in [0, 0.05) is 28.6 Å². The fourth-order valence-corrected chi connectivity index (χ4v) is 3.06. The highest BCUT2D eigenvalue weighted by Crippen LogP contribution is 2.30. The van der Waals surface area contributed by atoms with Crippen molar-refractivity contribution in [1.82, 2.24) is 4.90 Å². The molecule has 5 heteroatoms. The van der Waals surface area contributed by atoms with Crippen LogP contribution in [0.5, 0.6) is 0 Å². The predicted octanol–water partition coefficient (Wildman–Crippen LogP) is 3.46. The maximum Gasteiger partial charge on any atom is 0.255 e. The number of rotatable bonds is 5. The fraction of sp³-hybridized carbons (Fsp3) is 0.462. The van der Waals surface area contributed by atoms with E-state index in [0.29, 0.717) is 24.8 Å². The van der Waals surface area contributed by atoms with Crippen LogP contribution in [0.4, 0.5) is 0 Å². The molecule has 0 N–H and O–H groups in total. The Kier molecular flexibility index (Phi) is 4.81. The van der Waals surface area contributed by atoms with E-state index in [0.717, 1.165) is 21.8 Å². The molecule has 1 aromatic rings. The lowest BCUT2D eigenvalue weighted by atomic mass is 10.2. The minimum Gasteiger partial charge on any atom is -0.383 e. The summed E-state index contributed by atoms with van der Waals surface area (Å²) >= 11 is 6.84.